The molecule has 0 aliphatic rings. The molecule has 0 unspecified atom stereocenters. The molecule has 0 aromatic heterocycles. The second kappa shape index (κ2) is 3.55. The van der Waals surface area contributed by atoms with Crippen LogP contribution in [0.4, 0.5) is 13.2 Å². The molecule has 0 saturated carbocycles. The number of alkyl halides is 3. The molecule has 4 heteroatoms. The van der Waals surface area contributed by atoms with E-state index in [1.54, 1.807) is 20.8 Å². The van der Waals surface area contributed by atoms with Crippen LogP contribution in [0.2, 0.25) is 0 Å². The average Bonchev–Trinajstić information content (AvgIpc) is 1.80. The standard InChI is InChI=1S/C10H17F3O/c1-8(2,3)6-7(14)9(4,5)10(11,12)13/h6H2,1-5H3. The summed E-state index contributed by atoms with van der Waals surface area (Å²) in [7, 11) is 0. The van der Waals surface area contributed by atoms with Crippen molar-refractivity contribution in [2.24, 2.45) is 10.8 Å². The smallest absolute Gasteiger partial charge is 0.299 e. The molecule has 0 spiro atoms. The summed E-state index contributed by atoms with van der Waals surface area (Å²) in [5, 5.41) is 0. The van der Waals surface area contributed by atoms with E-state index in [0.29, 0.717) is 0 Å². The largest absolute Gasteiger partial charge is 0.400 e. The lowest BCUT2D eigenvalue weighted by Gasteiger charge is -2.29. The van der Waals surface area contributed by atoms with Gasteiger partial charge in [0, 0.05) is 6.42 Å². The highest BCUT2D eigenvalue weighted by molar-refractivity contribution is 5.85. The van der Waals surface area contributed by atoms with Gasteiger partial charge in [0.05, 0.1) is 0 Å². The third-order valence-electron chi connectivity index (χ3n) is 2.10. The van der Waals surface area contributed by atoms with Gasteiger partial charge in [-0.1, -0.05) is 20.8 Å². The normalized spacial score (nSPS) is 14.3. The van der Waals surface area contributed by atoms with Gasteiger partial charge in [0.25, 0.3) is 0 Å². The van der Waals surface area contributed by atoms with E-state index < -0.39 is 22.8 Å². The van der Waals surface area contributed by atoms with Gasteiger partial charge in [0.1, 0.15) is 11.2 Å². The molecule has 0 fully saturated rings. The summed E-state index contributed by atoms with van der Waals surface area (Å²) >= 11 is 0. The minimum atomic E-state index is -4.46. The Labute approximate surface area is 82.7 Å². The predicted molar refractivity (Wildman–Crippen MR) is 48.9 cm³/mol. The van der Waals surface area contributed by atoms with Gasteiger partial charge >= 0.3 is 6.18 Å². The summed E-state index contributed by atoms with van der Waals surface area (Å²) in [6.07, 6.45) is -4.52. The van der Waals surface area contributed by atoms with Crippen LogP contribution in [0.15, 0.2) is 0 Å². The SMILES string of the molecule is CC(C)(C)CC(=O)C(C)(C)C(F)(F)F. The highest BCUT2D eigenvalue weighted by atomic mass is 19.4. The van der Waals surface area contributed by atoms with Crippen molar-refractivity contribution in [3.8, 4) is 0 Å². The first-order valence-corrected chi connectivity index (χ1v) is 4.48. The van der Waals surface area contributed by atoms with Gasteiger partial charge in [0.15, 0.2) is 0 Å². The van der Waals surface area contributed by atoms with Crippen molar-refractivity contribution >= 4 is 5.78 Å². The Balaban J connectivity index is 4.70. The van der Waals surface area contributed by atoms with Crippen LogP contribution in [0.1, 0.15) is 41.0 Å². The Hall–Kier alpha value is -0.540. The zero-order valence-corrected chi connectivity index (χ0v) is 9.25. The predicted octanol–water partition coefficient (Wildman–Crippen LogP) is 3.58. The van der Waals surface area contributed by atoms with Crippen LogP contribution in [0, 0.1) is 10.8 Å². The molecule has 0 amide bonds. The molecule has 1 nitrogen and oxygen atoms in total. The topological polar surface area (TPSA) is 17.1 Å². The number of rotatable bonds is 2. The molecule has 0 atom stereocenters. The molecule has 84 valence electrons. The number of hydrogen-bond acceptors (Lipinski definition) is 1. The lowest BCUT2D eigenvalue weighted by molar-refractivity contribution is -0.211. The Kier molecular flexibility index (Phi) is 3.42. The molecular formula is C10H17F3O. The fraction of sp³-hybridized carbons (Fsp3) is 0.900. The summed E-state index contributed by atoms with van der Waals surface area (Å²) in [6.45, 7) is 7.11. The van der Waals surface area contributed by atoms with Crippen LogP contribution in [0.25, 0.3) is 0 Å². The fourth-order valence-corrected chi connectivity index (χ4v) is 0.861. The number of halogens is 3. The summed E-state index contributed by atoms with van der Waals surface area (Å²) in [5.41, 5.74) is -2.64. The van der Waals surface area contributed by atoms with E-state index in [-0.39, 0.29) is 6.42 Å². The van der Waals surface area contributed by atoms with Crippen LogP contribution < -0.4 is 0 Å². The lowest BCUT2D eigenvalue weighted by Crippen LogP contribution is -2.41. The molecular weight excluding hydrogens is 193 g/mol. The van der Waals surface area contributed by atoms with Gasteiger partial charge in [-0.25, -0.2) is 0 Å². The highest BCUT2D eigenvalue weighted by Crippen LogP contribution is 2.40. The maximum absolute atomic E-state index is 12.4. The number of carbonyl (C=O) groups is 1. The Morgan fingerprint density at radius 3 is 1.57 bits per heavy atom. The molecule has 0 heterocycles. The van der Waals surface area contributed by atoms with E-state index in [1.165, 1.54) is 0 Å². The number of carbonyl (C=O) groups excluding carboxylic acids is 1. The zero-order chi connectivity index (χ0) is 11.8. The fourth-order valence-electron chi connectivity index (χ4n) is 0.861. The van der Waals surface area contributed by atoms with Gasteiger partial charge in [-0.15, -0.1) is 0 Å². The average molecular weight is 210 g/mol. The van der Waals surface area contributed by atoms with Crippen LogP contribution in [0.5, 0.6) is 0 Å². The minimum Gasteiger partial charge on any atom is -0.299 e. The second-order valence-corrected chi connectivity index (χ2v) is 5.28. The number of Topliss-reactive ketones (excluding diaryl/α,β-unsaturated/α-hetero) is 1. The molecule has 0 radical (unpaired) electrons. The third kappa shape index (κ3) is 3.31. The van der Waals surface area contributed by atoms with E-state index in [0.717, 1.165) is 13.8 Å². The van der Waals surface area contributed by atoms with Crippen molar-refractivity contribution in [3.63, 3.8) is 0 Å². The van der Waals surface area contributed by atoms with E-state index in [4.69, 9.17) is 0 Å². The van der Waals surface area contributed by atoms with Crippen LogP contribution in [-0.2, 0) is 4.79 Å². The van der Waals surface area contributed by atoms with Gasteiger partial charge < -0.3 is 0 Å². The first-order valence-electron chi connectivity index (χ1n) is 4.48. The molecule has 0 bridgehead atoms. The van der Waals surface area contributed by atoms with Gasteiger partial charge in [-0.3, -0.25) is 4.79 Å². The van der Waals surface area contributed by atoms with Crippen molar-refractivity contribution in [2.45, 2.75) is 47.2 Å². The molecule has 0 aromatic rings. The quantitative estimate of drug-likeness (QED) is 0.680. The summed E-state index contributed by atoms with van der Waals surface area (Å²) < 4.78 is 37.3. The molecule has 0 aromatic carbocycles. The van der Waals surface area contributed by atoms with Crippen LogP contribution in [-0.4, -0.2) is 12.0 Å². The van der Waals surface area contributed by atoms with Crippen LogP contribution >= 0.6 is 0 Å². The highest BCUT2D eigenvalue weighted by Gasteiger charge is 2.52. The molecule has 0 rings (SSSR count). The van der Waals surface area contributed by atoms with Crippen molar-refractivity contribution in [3.05, 3.63) is 0 Å². The Bertz CT molecular complexity index is 221. The number of ketones is 1. The molecule has 0 N–H and O–H groups in total. The van der Waals surface area contributed by atoms with E-state index in [1.807, 2.05) is 0 Å². The van der Waals surface area contributed by atoms with Gasteiger partial charge in [0.2, 0.25) is 0 Å². The summed E-state index contributed by atoms with van der Waals surface area (Å²) in [6, 6.07) is 0. The maximum atomic E-state index is 12.4. The van der Waals surface area contributed by atoms with Crippen molar-refractivity contribution in [1.82, 2.24) is 0 Å². The molecule has 0 aliphatic heterocycles. The second-order valence-electron chi connectivity index (χ2n) is 5.28. The van der Waals surface area contributed by atoms with Crippen molar-refractivity contribution in [1.29, 1.82) is 0 Å². The summed E-state index contributed by atoms with van der Waals surface area (Å²) in [5.74, 6) is -0.752. The van der Waals surface area contributed by atoms with Gasteiger partial charge in [-0.05, 0) is 19.3 Å². The monoisotopic (exact) mass is 210 g/mol. The molecule has 0 aliphatic carbocycles. The zero-order valence-electron chi connectivity index (χ0n) is 9.25. The maximum Gasteiger partial charge on any atom is 0.400 e. The number of hydrogen-bond donors (Lipinski definition) is 0. The summed E-state index contributed by atoms with van der Waals surface area (Å²) in [4.78, 5) is 11.4. The minimum absolute atomic E-state index is 0.0560. The van der Waals surface area contributed by atoms with E-state index >= 15 is 0 Å². The van der Waals surface area contributed by atoms with Gasteiger partial charge in [-0.2, -0.15) is 13.2 Å². The first kappa shape index (κ1) is 13.5. The Morgan fingerprint density at radius 1 is 1.00 bits per heavy atom. The Morgan fingerprint density at radius 2 is 1.36 bits per heavy atom. The third-order valence-corrected chi connectivity index (χ3v) is 2.10. The van der Waals surface area contributed by atoms with E-state index in [2.05, 4.69) is 0 Å². The molecule has 0 saturated heterocycles. The van der Waals surface area contributed by atoms with E-state index in [9.17, 15) is 18.0 Å². The molecule has 14 heavy (non-hydrogen) atoms. The van der Waals surface area contributed by atoms with Crippen molar-refractivity contribution < 1.29 is 18.0 Å². The first-order chi connectivity index (χ1) is 5.88. The lowest BCUT2D eigenvalue weighted by atomic mass is 9.78. The van der Waals surface area contributed by atoms with Crippen molar-refractivity contribution in [2.75, 3.05) is 0 Å². The van der Waals surface area contributed by atoms with Crippen LogP contribution in [0.3, 0.4) is 0 Å².